The van der Waals surface area contributed by atoms with Gasteiger partial charge in [0.25, 0.3) is 0 Å². The van der Waals surface area contributed by atoms with Crippen LogP contribution in [0.3, 0.4) is 0 Å². The minimum atomic E-state index is -0.669. The number of benzene rings is 2. The van der Waals surface area contributed by atoms with Gasteiger partial charge in [0.15, 0.2) is 0 Å². The molecule has 0 unspecified atom stereocenters. The molecule has 2 amide bonds. The van der Waals surface area contributed by atoms with Crippen molar-refractivity contribution in [2.45, 2.75) is 62.8 Å². The molecular formula is C32H39F2N3O4. The number of hydrogen-bond donors (Lipinski definition) is 2. The Morgan fingerprint density at radius 1 is 1.15 bits per heavy atom. The second-order valence-electron chi connectivity index (χ2n) is 10.6. The SMILES string of the molecule is C=CCO[C@@H]1C[C@H](NCC[C@H](Cc2cc(F)cc(F)c2)NC(=O)[C@H](CC=C)N2CCCC2=O)c2cc(OC)ccc21. The molecule has 7 nitrogen and oxygen atoms in total. The zero-order valence-electron chi connectivity index (χ0n) is 23.5. The Hall–Kier alpha value is -3.56. The number of likely N-dealkylation sites (tertiary alicyclic amines) is 1. The number of rotatable bonds is 15. The van der Waals surface area contributed by atoms with Crippen molar-refractivity contribution in [3.8, 4) is 5.75 Å². The summed E-state index contributed by atoms with van der Waals surface area (Å²) in [6.45, 7) is 8.98. The van der Waals surface area contributed by atoms with Gasteiger partial charge in [0.05, 0.1) is 19.8 Å². The molecule has 1 heterocycles. The summed E-state index contributed by atoms with van der Waals surface area (Å²) >= 11 is 0. The van der Waals surface area contributed by atoms with Crippen molar-refractivity contribution in [3.63, 3.8) is 0 Å². The summed E-state index contributed by atoms with van der Waals surface area (Å²) in [6.07, 6.45) is 6.17. The van der Waals surface area contributed by atoms with Gasteiger partial charge >= 0.3 is 0 Å². The molecule has 9 heteroatoms. The number of nitrogens with one attached hydrogen (secondary N) is 2. The molecule has 4 rings (SSSR count). The molecule has 220 valence electrons. The molecule has 1 aliphatic heterocycles. The highest BCUT2D eigenvalue weighted by Crippen LogP contribution is 2.42. The summed E-state index contributed by atoms with van der Waals surface area (Å²) in [6, 6.07) is 8.22. The van der Waals surface area contributed by atoms with E-state index in [0.717, 1.165) is 29.4 Å². The van der Waals surface area contributed by atoms with Crippen LogP contribution in [0.15, 0.2) is 61.7 Å². The molecule has 2 aliphatic rings. The van der Waals surface area contributed by atoms with Gasteiger partial charge in [0, 0.05) is 31.1 Å². The molecule has 2 aromatic rings. The Morgan fingerprint density at radius 2 is 1.93 bits per heavy atom. The lowest BCUT2D eigenvalue weighted by molar-refractivity contribution is -0.137. The fourth-order valence-corrected chi connectivity index (χ4v) is 5.78. The van der Waals surface area contributed by atoms with Crippen LogP contribution >= 0.6 is 0 Å². The van der Waals surface area contributed by atoms with Crippen LogP contribution in [-0.2, 0) is 20.7 Å². The van der Waals surface area contributed by atoms with Gasteiger partial charge in [-0.15, -0.1) is 13.2 Å². The van der Waals surface area contributed by atoms with Crippen molar-refractivity contribution in [1.82, 2.24) is 15.5 Å². The molecule has 1 fully saturated rings. The fourth-order valence-electron chi connectivity index (χ4n) is 5.78. The molecular weight excluding hydrogens is 528 g/mol. The third-order valence-corrected chi connectivity index (χ3v) is 7.69. The van der Waals surface area contributed by atoms with Gasteiger partial charge in [0.2, 0.25) is 11.8 Å². The van der Waals surface area contributed by atoms with E-state index in [0.29, 0.717) is 50.9 Å². The second-order valence-corrected chi connectivity index (χ2v) is 10.6. The third-order valence-electron chi connectivity index (χ3n) is 7.69. The van der Waals surface area contributed by atoms with E-state index in [1.54, 1.807) is 24.2 Å². The summed E-state index contributed by atoms with van der Waals surface area (Å²) in [5.74, 6) is -0.935. The van der Waals surface area contributed by atoms with E-state index in [-0.39, 0.29) is 30.4 Å². The Bertz CT molecular complexity index is 1230. The maximum atomic E-state index is 14.0. The van der Waals surface area contributed by atoms with Crippen molar-refractivity contribution >= 4 is 11.8 Å². The van der Waals surface area contributed by atoms with Crippen LogP contribution in [0.1, 0.15) is 60.9 Å². The summed E-state index contributed by atoms with van der Waals surface area (Å²) in [5.41, 5.74) is 2.62. The first-order valence-electron chi connectivity index (χ1n) is 14.1. The van der Waals surface area contributed by atoms with Crippen LogP contribution < -0.4 is 15.4 Å². The molecule has 4 atom stereocenters. The van der Waals surface area contributed by atoms with Crippen LogP contribution in [-0.4, -0.2) is 55.6 Å². The highest BCUT2D eigenvalue weighted by Gasteiger charge is 2.34. The summed E-state index contributed by atoms with van der Waals surface area (Å²) < 4.78 is 39.4. The van der Waals surface area contributed by atoms with Crippen molar-refractivity contribution in [2.24, 2.45) is 0 Å². The first-order chi connectivity index (χ1) is 19.8. The quantitative estimate of drug-likeness (QED) is 0.298. The molecule has 0 radical (unpaired) electrons. The molecule has 41 heavy (non-hydrogen) atoms. The van der Waals surface area contributed by atoms with Crippen molar-refractivity contribution in [1.29, 1.82) is 0 Å². The van der Waals surface area contributed by atoms with Gasteiger partial charge in [-0.3, -0.25) is 9.59 Å². The lowest BCUT2D eigenvalue weighted by Gasteiger charge is -2.29. The van der Waals surface area contributed by atoms with E-state index in [9.17, 15) is 18.4 Å². The summed E-state index contributed by atoms with van der Waals surface area (Å²) in [5, 5.41) is 6.65. The second kappa shape index (κ2) is 14.4. The van der Waals surface area contributed by atoms with E-state index in [2.05, 4.69) is 23.8 Å². The van der Waals surface area contributed by atoms with Crippen LogP contribution in [0.5, 0.6) is 5.75 Å². The summed E-state index contributed by atoms with van der Waals surface area (Å²) in [7, 11) is 1.63. The number of amides is 2. The fraction of sp³-hybridized carbons (Fsp3) is 0.438. The van der Waals surface area contributed by atoms with E-state index < -0.39 is 23.7 Å². The van der Waals surface area contributed by atoms with Crippen molar-refractivity contribution in [2.75, 3.05) is 26.8 Å². The topological polar surface area (TPSA) is 79.9 Å². The smallest absolute Gasteiger partial charge is 0.243 e. The van der Waals surface area contributed by atoms with Crippen molar-refractivity contribution in [3.05, 3.63) is 90.0 Å². The monoisotopic (exact) mass is 567 g/mol. The zero-order valence-corrected chi connectivity index (χ0v) is 23.5. The zero-order chi connectivity index (χ0) is 29.4. The average Bonchev–Trinajstić information content (AvgIpc) is 3.52. The third kappa shape index (κ3) is 7.80. The largest absolute Gasteiger partial charge is 0.497 e. The van der Waals surface area contributed by atoms with Crippen LogP contribution in [0.4, 0.5) is 8.78 Å². The van der Waals surface area contributed by atoms with Gasteiger partial charge in [0.1, 0.15) is 23.4 Å². The van der Waals surface area contributed by atoms with Gasteiger partial charge in [-0.2, -0.15) is 0 Å². The Labute approximate surface area is 240 Å². The Kier molecular flexibility index (Phi) is 10.7. The maximum Gasteiger partial charge on any atom is 0.243 e. The number of carbonyl (C=O) groups excluding carboxylic acids is 2. The lowest BCUT2D eigenvalue weighted by Crippen LogP contribution is -2.51. The highest BCUT2D eigenvalue weighted by atomic mass is 19.1. The average molecular weight is 568 g/mol. The number of ether oxygens (including phenoxy) is 2. The van der Waals surface area contributed by atoms with Gasteiger partial charge in [-0.1, -0.05) is 18.2 Å². The van der Waals surface area contributed by atoms with Crippen LogP contribution in [0, 0.1) is 11.6 Å². The first kappa shape index (κ1) is 30.4. The van der Waals surface area contributed by atoms with Gasteiger partial charge in [-0.25, -0.2) is 8.78 Å². The molecule has 0 bridgehead atoms. The molecule has 0 spiro atoms. The molecule has 0 aromatic heterocycles. The molecule has 1 saturated heterocycles. The van der Waals surface area contributed by atoms with Crippen molar-refractivity contribution < 1.29 is 27.8 Å². The van der Waals surface area contributed by atoms with E-state index in [4.69, 9.17) is 9.47 Å². The van der Waals surface area contributed by atoms with Crippen LogP contribution in [0.25, 0.3) is 0 Å². The molecule has 1 aliphatic carbocycles. The van der Waals surface area contributed by atoms with Crippen LogP contribution in [0.2, 0.25) is 0 Å². The number of fused-ring (bicyclic) bond motifs is 1. The molecule has 2 aromatic carbocycles. The molecule has 2 N–H and O–H groups in total. The number of halogens is 2. The number of nitrogens with zero attached hydrogens (tertiary/aromatic N) is 1. The minimum Gasteiger partial charge on any atom is -0.497 e. The number of carbonyl (C=O) groups is 2. The Morgan fingerprint density at radius 3 is 2.59 bits per heavy atom. The first-order valence-corrected chi connectivity index (χ1v) is 14.1. The molecule has 0 saturated carbocycles. The highest BCUT2D eigenvalue weighted by molar-refractivity contribution is 5.88. The number of methoxy groups -OCH3 is 1. The predicted octanol–water partition coefficient (Wildman–Crippen LogP) is 4.94. The number of hydrogen-bond acceptors (Lipinski definition) is 5. The van der Waals surface area contributed by atoms with E-state index in [1.165, 1.54) is 12.1 Å². The van der Waals surface area contributed by atoms with E-state index >= 15 is 0 Å². The van der Waals surface area contributed by atoms with Gasteiger partial charge in [-0.05, 0) is 79.6 Å². The summed E-state index contributed by atoms with van der Waals surface area (Å²) in [4.78, 5) is 27.4. The normalized spacial score (nSPS) is 19.5. The maximum absolute atomic E-state index is 14.0. The Balaban J connectivity index is 1.48. The minimum absolute atomic E-state index is 0.00591. The predicted molar refractivity (Wildman–Crippen MR) is 153 cm³/mol. The van der Waals surface area contributed by atoms with Gasteiger partial charge < -0.3 is 25.0 Å². The standard InChI is InChI=1S/C32H39F2N3O4/c1-4-7-29(37-13-6-8-31(37)38)32(39)36-24(17-21-15-22(33)18-23(34)16-21)11-12-35-28-20-30(41-14-5-2)26-10-9-25(40-3)19-27(26)28/h4-5,9-10,15-16,18-19,24,28-30,35H,1-2,6-8,11-14,17,20H2,3H3,(H,36,39)/t24-,28+,29+,30-/m1/s1. The lowest BCUT2D eigenvalue weighted by atomic mass is 10.0. The van der Waals surface area contributed by atoms with E-state index in [1.807, 2.05) is 18.2 Å².